The number of alkyl halides is 3. The van der Waals surface area contributed by atoms with Gasteiger partial charge in [0.05, 0.1) is 11.8 Å². The summed E-state index contributed by atoms with van der Waals surface area (Å²) in [6, 6.07) is 2.57. The number of halogens is 3. The van der Waals surface area contributed by atoms with Crippen LogP contribution in [0.4, 0.5) is 19.0 Å². The Bertz CT molecular complexity index is 588. The van der Waals surface area contributed by atoms with E-state index in [-0.39, 0.29) is 6.04 Å². The van der Waals surface area contributed by atoms with E-state index in [1.165, 1.54) is 11.6 Å². The summed E-state index contributed by atoms with van der Waals surface area (Å²) in [7, 11) is 0. The van der Waals surface area contributed by atoms with Gasteiger partial charge in [-0.1, -0.05) is 0 Å². The number of rotatable bonds is 2. The average Bonchev–Trinajstić information content (AvgIpc) is 2.86. The second-order valence-corrected chi connectivity index (χ2v) is 4.89. The van der Waals surface area contributed by atoms with Gasteiger partial charge in [0.1, 0.15) is 5.82 Å². The zero-order chi connectivity index (χ0) is 14.2. The Hall–Kier alpha value is -2.05. The lowest BCUT2D eigenvalue weighted by Crippen LogP contribution is -2.27. The highest BCUT2D eigenvalue weighted by Crippen LogP contribution is 2.29. The van der Waals surface area contributed by atoms with Crippen LogP contribution < -0.4 is 5.32 Å². The van der Waals surface area contributed by atoms with Crippen LogP contribution in [0.3, 0.4) is 0 Å². The maximum absolute atomic E-state index is 12.4. The standard InChI is InChI=1S/C13H13F3N4/c14-13(15,16)9-2-4-12(17-7-9)19-10-3-1-8-6-18-20-11(8)5-10/h2,4,6-7,10H,1,3,5H2,(H,17,19)(H,18,20). The number of hydrogen-bond acceptors (Lipinski definition) is 3. The number of nitrogens with one attached hydrogen (secondary N) is 2. The molecule has 0 spiro atoms. The molecule has 7 heteroatoms. The maximum atomic E-state index is 12.4. The Kier molecular flexibility index (Phi) is 3.11. The summed E-state index contributed by atoms with van der Waals surface area (Å²) in [5.41, 5.74) is 1.56. The summed E-state index contributed by atoms with van der Waals surface area (Å²) in [6.45, 7) is 0. The van der Waals surface area contributed by atoms with Crippen LogP contribution in [0.15, 0.2) is 24.5 Å². The van der Waals surface area contributed by atoms with Crippen LogP contribution in [0.1, 0.15) is 23.2 Å². The van der Waals surface area contributed by atoms with Crippen LogP contribution in [0.2, 0.25) is 0 Å². The lowest BCUT2D eigenvalue weighted by Gasteiger charge is -2.23. The van der Waals surface area contributed by atoms with Crippen molar-refractivity contribution in [3.05, 3.63) is 41.3 Å². The van der Waals surface area contributed by atoms with E-state index in [1.807, 2.05) is 6.20 Å². The quantitative estimate of drug-likeness (QED) is 0.890. The molecule has 0 radical (unpaired) electrons. The first-order valence-corrected chi connectivity index (χ1v) is 6.33. The molecular weight excluding hydrogens is 269 g/mol. The molecular formula is C13H13F3N4. The first-order chi connectivity index (χ1) is 9.52. The third-order valence-corrected chi connectivity index (χ3v) is 3.46. The molecule has 1 aliphatic rings. The summed E-state index contributed by atoms with van der Waals surface area (Å²) in [6.07, 6.45) is 0.924. The van der Waals surface area contributed by atoms with E-state index < -0.39 is 11.7 Å². The molecule has 1 atom stereocenters. The van der Waals surface area contributed by atoms with Crippen molar-refractivity contribution in [2.45, 2.75) is 31.5 Å². The topological polar surface area (TPSA) is 53.6 Å². The zero-order valence-electron chi connectivity index (χ0n) is 10.5. The molecule has 0 amide bonds. The number of aromatic amines is 1. The normalized spacial score (nSPS) is 18.6. The number of fused-ring (bicyclic) bond motifs is 1. The molecule has 2 heterocycles. The van der Waals surface area contributed by atoms with E-state index in [4.69, 9.17) is 0 Å². The summed E-state index contributed by atoms with van der Waals surface area (Å²) < 4.78 is 37.3. The molecule has 0 aromatic carbocycles. The Morgan fingerprint density at radius 1 is 1.25 bits per heavy atom. The second-order valence-electron chi connectivity index (χ2n) is 4.89. The summed E-state index contributed by atoms with van der Waals surface area (Å²) >= 11 is 0. The minimum absolute atomic E-state index is 0.159. The fourth-order valence-corrected chi connectivity index (χ4v) is 2.39. The highest BCUT2D eigenvalue weighted by atomic mass is 19.4. The highest BCUT2D eigenvalue weighted by molar-refractivity contribution is 5.38. The van der Waals surface area contributed by atoms with E-state index in [0.29, 0.717) is 5.82 Å². The van der Waals surface area contributed by atoms with Gasteiger partial charge in [-0.15, -0.1) is 0 Å². The predicted molar refractivity (Wildman–Crippen MR) is 67.3 cm³/mol. The van der Waals surface area contributed by atoms with Crippen LogP contribution in [-0.4, -0.2) is 21.2 Å². The van der Waals surface area contributed by atoms with E-state index in [1.54, 1.807) is 0 Å². The first-order valence-electron chi connectivity index (χ1n) is 6.33. The molecule has 2 aromatic heterocycles. The van der Waals surface area contributed by atoms with Gasteiger partial charge in [0.15, 0.2) is 0 Å². The van der Waals surface area contributed by atoms with Crippen LogP contribution in [0.25, 0.3) is 0 Å². The van der Waals surface area contributed by atoms with Crippen molar-refractivity contribution in [1.82, 2.24) is 15.2 Å². The highest BCUT2D eigenvalue weighted by Gasteiger charge is 2.30. The maximum Gasteiger partial charge on any atom is 0.417 e. The van der Waals surface area contributed by atoms with Gasteiger partial charge < -0.3 is 5.32 Å². The molecule has 0 bridgehead atoms. The van der Waals surface area contributed by atoms with Gasteiger partial charge in [-0.05, 0) is 30.5 Å². The Balaban J connectivity index is 1.67. The van der Waals surface area contributed by atoms with Gasteiger partial charge in [0, 0.05) is 24.4 Å². The van der Waals surface area contributed by atoms with Crippen LogP contribution in [0, 0.1) is 0 Å². The van der Waals surface area contributed by atoms with Gasteiger partial charge in [0.25, 0.3) is 0 Å². The largest absolute Gasteiger partial charge is 0.417 e. The van der Waals surface area contributed by atoms with Gasteiger partial charge >= 0.3 is 6.18 Å². The third-order valence-electron chi connectivity index (χ3n) is 3.46. The number of pyridine rings is 1. The number of H-pyrrole nitrogens is 1. The van der Waals surface area contributed by atoms with Gasteiger partial charge in [0.2, 0.25) is 0 Å². The molecule has 2 aromatic rings. The number of nitrogens with zero attached hydrogens (tertiary/aromatic N) is 2. The molecule has 1 unspecified atom stereocenters. The van der Waals surface area contributed by atoms with Crippen molar-refractivity contribution in [1.29, 1.82) is 0 Å². The van der Waals surface area contributed by atoms with Crippen LogP contribution in [-0.2, 0) is 19.0 Å². The lowest BCUT2D eigenvalue weighted by atomic mass is 9.94. The van der Waals surface area contributed by atoms with Crippen molar-refractivity contribution in [3.63, 3.8) is 0 Å². The molecule has 3 rings (SSSR count). The fourth-order valence-electron chi connectivity index (χ4n) is 2.39. The fraction of sp³-hybridized carbons (Fsp3) is 0.385. The van der Waals surface area contributed by atoms with E-state index >= 15 is 0 Å². The van der Waals surface area contributed by atoms with Crippen LogP contribution in [0.5, 0.6) is 0 Å². The van der Waals surface area contributed by atoms with E-state index in [2.05, 4.69) is 20.5 Å². The molecule has 0 saturated carbocycles. The first kappa shape index (κ1) is 13.0. The van der Waals surface area contributed by atoms with E-state index in [0.717, 1.165) is 37.2 Å². The Morgan fingerprint density at radius 2 is 2.10 bits per heavy atom. The lowest BCUT2D eigenvalue weighted by molar-refractivity contribution is -0.137. The van der Waals surface area contributed by atoms with Crippen molar-refractivity contribution >= 4 is 5.82 Å². The van der Waals surface area contributed by atoms with Crippen molar-refractivity contribution in [2.75, 3.05) is 5.32 Å². The average molecular weight is 282 g/mol. The summed E-state index contributed by atoms with van der Waals surface area (Å²) in [5.74, 6) is 0.464. The number of aryl methyl sites for hydroxylation is 1. The minimum Gasteiger partial charge on any atom is -0.367 e. The van der Waals surface area contributed by atoms with E-state index in [9.17, 15) is 13.2 Å². The number of anilines is 1. The molecule has 0 saturated heterocycles. The predicted octanol–water partition coefficient (Wildman–Crippen LogP) is 2.79. The minimum atomic E-state index is -4.35. The van der Waals surface area contributed by atoms with Crippen LogP contribution >= 0.6 is 0 Å². The van der Waals surface area contributed by atoms with Crippen molar-refractivity contribution < 1.29 is 13.2 Å². The number of hydrogen-bond donors (Lipinski definition) is 2. The molecule has 20 heavy (non-hydrogen) atoms. The SMILES string of the molecule is FC(F)(F)c1ccc(NC2CCc3cn[nH]c3C2)nc1. The Labute approximate surface area is 113 Å². The van der Waals surface area contributed by atoms with Crippen molar-refractivity contribution in [2.24, 2.45) is 0 Å². The second kappa shape index (κ2) is 4.81. The Morgan fingerprint density at radius 3 is 2.80 bits per heavy atom. The molecule has 106 valence electrons. The van der Waals surface area contributed by atoms with Gasteiger partial charge in [-0.25, -0.2) is 4.98 Å². The summed E-state index contributed by atoms with van der Waals surface area (Å²) in [5, 5.41) is 10.1. The molecule has 4 nitrogen and oxygen atoms in total. The monoisotopic (exact) mass is 282 g/mol. The third kappa shape index (κ3) is 2.61. The zero-order valence-corrected chi connectivity index (χ0v) is 10.5. The molecule has 2 N–H and O–H groups in total. The molecule has 0 fully saturated rings. The molecule has 1 aliphatic carbocycles. The van der Waals surface area contributed by atoms with Gasteiger partial charge in [-0.3, -0.25) is 5.10 Å². The summed E-state index contributed by atoms with van der Waals surface area (Å²) in [4.78, 5) is 3.83. The smallest absolute Gasteiger partial charge is 0.367 e. The number of aromatic nitrogens is 3. The van der Waals surface area contributed by atoms with Gasteiger partial charge in [-0.2, -0.15) is 18.3 Å². The van der Waals surface area contributed by atoms with Crippen molar-refractivity contribution in [3.8, 4) is 0 Å². The molecule has 0 aliphatic heterocycles.